The van der Waals surface area contributed by atoms with E-state index in [9.17, 15) is 4.79 Å². The number of nitrogens with one attached hydrogen (secondary N) is 1. The minimum atomic E-state index is -0.160. The minimum absolute atomic E-state index is 0.160. The first-order chi connectivity index (χ1) is 14.0. The number of fused-ring (bicyclic) bond motifs is 1. The number of carbonyl (C=O) groups excluding carboxylic acids is 1. The zero-order valence-corrected chi connectivity index (χ0v) is 17.9. The predicted octanol–water partition coefficient (Wildman–Crippen LogP) is 6.31. The lowest BCUT2D eigenvalue weighted by atomic mass is 9.99. The van der Waals surface area contributed by atoms with Gasteiger partial charge >= 0.3 is 0 Å². The van der Waals surface area contributed by atoms with Crippen LogP contribution in [0, 0.1) is 0 Å². The monoisotopic (exact) mass is 448 g/mol. The molecule has 0 unspecified atom stereocenters. The summed E-state index contributed by atoms with van der Waals surface area (Å²) in [5.74, 6) is 1.02. The van der Waals surface area contributed by atoms with Crippen LogP contribution in [0.25, 0.3) is 22.2 Å². The second-order valence-corrected chi connectivity index (χ2v) is 8.17. The number of carbonyl (C=O) groups is 1. The van der Waals surface area contributed by atoms with E-state index in [1.165, 1.54) is 5.56 Å². The van der Waals surface area contributed by atoms with Crippen molar-refractivity contribution in [3.63, 3.8) is 0 Å². The normalized spacial score (nSPS) is 11.2. The molecule has 2 aromatic heterocycles. The summed E-state index contributed by atoms with van der Waals surface area (Å²) in [6, 6.07) is 19.6. The van der Waals surface area contributed by atoms with Gasteiger partial charge in [-0.3, -0.25) is 4.79 Å². The molecular formula is C24H21BrN2O2. The fourth-order valence-electron chi connectivity index (χ4n) is 3.25. The Labute approximate surface area is 178 Å². The zero-order chi connectivity index (χ0) is 20.4. The van der Waals surface area contributed by atoms with Crippen molar-refractivity contribution in [2.24, 2.45) is 0 Å². The summed E-state index contributed by atoms with van der Waals surface area (Å²) in [7, 11) is 0. The van der Waals surface area contributed by atoms with E-state index in [-0.39, 0.29) is 5.91 Å². The summed E-state index contributed by atoms with van der Waals surface area (Å²) in [6.45, 7) is 4.67. The first-order valence-electron chi connectivity index (χ1n) is 9.52. The standard InChI is InChI=1S/C24H21BrN2O2/c1-15(2)16-5-7-17(8-6-16)23-13-21(20-12-18(25)9-10-22(20)27-23)24(28)26-14-19-4-3-11-29-19/h3-13,15H,14H2,1-2H3,(H,26,28). The van der Waals surface area contributed by atoms with Crippen molar-refractivity contribution < 1.29 is 9.21 Å². The highest BCUT2D eigenvalue weighted by molar-refractivity contribution is 9.10. The first kappa shape index (κ1) is 19.4. The smallest absolute Gasteiger partial charge is 0.252 e. The molecule has 2 aromatic carbocycles. The number of furan rings is 1. The van der Waals surface area contributed by atoms with Gasteiger partial charge in [-0.1, -0.05) is 54.0 Å². The number of pyridine rings is 1. The lowest BCUT2D eigenvalue weighted by Crippen LogP contribution is -2.23. The van der Waals surface area contributed by atoms with Gasteiger partial charge in [0.1, 0.15) is 5.76 Å². The largest absolute Gasteiger partial charge is 0.467 e. The summed E-state index contributed by atoms with van der Waals surface area (Å²) in [6.07, 6.45) is 1.60. The van der Waals surface area contributed by atoms with Gasteiger partial charge in [0.2, 0.25) is 0 Å². The third-order valence-corrected chi connectivity index (χ3v) is 5.39. The van der Waals surface area contributed by atoms with Gasteiger partial charge in [0.05, 0.1) is 29.6 Å². The van der Waals surface area contributed by atoms with Gasteiger partial charge in [-0.15, -0.1) is 0 Å². The lowest BCUT2D eigenvalue weighted by Gasteiger charge is -2.12. The number of nitrogens with zero attached hydrogens (tertiary/aromatic N) is 1. The fourth-order valence-corrected chi connectivity index (χ4v) is 3.61. The number of hydrogen-bond donors (Lipinski definition) is 1. The molecule has 0 aliphatic heterocycles. The lowest BCUT2D eigenvalue weighted by molar-refractivity contribution is 0.0949. The first-order valence-corrected chi connectivity index (χ1v) is 10.3. The van der Waals surface area contributed by atoms with Crippen LogP contribution in [-0.2, 0) is 6.54 Å². The van der Waals surface area contributed by atoms with Crippen LogP contribution in [0.2, 0.25) is 0 Å². The van der Waals surface area contributed by atoms with Crippen LogP contribution in [0.1, 0.15) is 41.4 Å². The third kappa shape index (κ3) is 4.25. The molecule has 0 saturated carbocycles. The second kappa shape index (κ2) is 8.21. The quantitative estimate of drug-likeness (QED) is 0.389. The van der Waals surface area contributed by atoms with E-state index in [0.717, 1.165) is 26.6 Å². The molecule has 1 N–H and O–H groups in total. The molecule has 0 atom stereocenters. The van der Waals surface area contributed by atoms with Crippen LogP contribution in [0.15, 0.2) is 75.8 Å². The Balaban J connectivity index is 1.74. The molecule has 0 fully saturated rings. The summed E-state index contributed by atoms with van der Waals surface area (Å²) < 4.78 is 6.22. The van der Waals surface area contributed by atoms with Gasteiger partial charge in [0.25, 0.3) is 5.91 Å². The second-order valence-electron chi connectivity index (χ2n) is 7.26. The highest BCUT2D eigenvalue weighted by Gasteiger charge is 2.15. The van der Waals surface area contributed by atoms with Crippen LogP contribution in [-0.4, -0.2) is 10.9 Å². The molecule has 146 valence electrons. The average molecular weight is 449 g/mol. The third-order valence-electron chi connectivity index (χ3n) is 4.89. The van der Waals surface area contributed by atoms with Crippen LogP contribution in [0.5, 0.6) is 0 Å². The van der Waals surface area contributed by atoms with Crippen LogP contribution >= 0.6 is 15.9 Å². The molecule has 4 rings (SSSR count). The van der Waals surface area contributed by atoms with Crippen molar-refractivity contribution in [1.82, 2.24) is 10.3 Å². The maximum atomic E-state index is 13.0. The van der Waals surface area contributed by atoms with E-state index < -0.39 is 0 Å². The molecule has 4 aromatic rings. The van der Waals surface area contributed by atoms with Crippen molar-refractivity contribution in [3.05, 3.63) is 88.3 Å². The topological polar surface area (TPSA) is 55.1 Å². The van der Waals surface area contributed by atoms with Gasteiger partial charge in [-0.25, -0.2) is 4.98 Å². The van der Waals surface area contributed by atoms with E-state index >= 15 is 0 Å². The number of aromatic nitrogens is 1. The van der Waals surface area contributed by atoms with Crippen molar-refractivity contribution in [2.45, 2.75) is 26.3 Å². The van der Waals surface area contributed by atoms with Gasteiger partial charge in [0.15, 0.2) is 0 Å². The molecule has 2 heterocycles. The van der Waals surface area contributed by atoms with Crippen molar-refractivity contribution >= 4 is 32.7 Å². The zero-order valence-electron chi connectivity index (χ0n) is 16.3. The maximum absolute atomic E-state index is 13.0. The van der Waals surface area contributed by atoms with Crippen LogP contribution in [0.3, 0.4) is 0 Å². The summed E-state index contributed by atoms with van der Waals surface area (Å²) >= 11 is 3.50. The van der Waals surface area contributed by atoms with Crippen LogP contribution in [0.4, 0.5) is 0 Å². The Morgan fingerprint density at radius 3 is 2.59 bits per heavy atom. The molecule has 0 bridgehead atoms. The molecule has 0 saturated heterocycles. The molecule has 0 spiro atoms. The Hall–Kier alpha value is -2.92. The van der Waals surface area contributed by atoms with E-state index in [4.69, 9.17) is 9.40 Å². The SMILES string of the molecule is CC(C)c1ccc(-c2cc(C(=O)NCc3ccco3)c3cc(Br)ccc3n2)cc1. The highest BCUT2D eigenvalue weighted by atomic mass is 79.9. The minimum Gasteiger partial charge on any atom is -0.467 e. The van der Waals surface area contributed by atoms with Crippen molar-refractivity contribution in [2.75, 3.05) is 0 Å². The molecule has 29 heavy (non-hydrogen) atoms. The molecule has 0 aliphatic carbocycles. The Bertz CT molecular complexity index is 1150. The Kier molecular flexibility index (Phi) is 5.49. The fraction of sp³-hybridized carbons (Fsp3) is 0.167. The average Bonchev–Trinajstić information content (AvgIpc) is 3.25. The van der Waals surface area contributed by atoms with Crippen molar-refractivity contribution in [1.29, 1.82) is 0 Å². The molecular weight excluding hydrogens is 428 g/mol. The number of rotatable bonds is 5. The summed E-state index contributed by atoms with van der Waals surface area (Å²) in [5, 5.41) is 3.74. The highest BCUT2D eigenvalue weighted by Crippen LogP contribution is 2.28. The van der Waals surface area contributed by atoms with Crippen molar-refractivity contribution in [3.8, 4) is 11.3 Å². The Morgan fingerprint density at radius 2 is 1.90 bits per heavy atom. The molecule has 1 amide bonds. The maximum Gasteiger partial charge on any atom is 0.252 e. The van der Waals surface area contributed by atoms with E-state index in [0.29, 0.717) is 23.8 Å². The number of hydrogen-bond acceptors (Lipinski definition) is 3. The van der Waals surface area contributed by atoms with E-state index in [1.54, 1.807) is 12.3 Å². The molecule has 5 heteroatoms. The molecule has 0 radical (unpaired) electrons. The molecule has 4 nitrogen and oxygen atoms in total. The number of benzene rings is 2. The Morgan fingerprint density at radius 1 is 1.10 bits per heavy atom. The van der Waals surface area contributed by atoms with Gasteiger partial charge in [0, 0.05) is 15.4 Å². The summed E-state index contributed by atoms with van der Waals surface area (Å²) in [4.78, 5) is 17.8. The van der Waals surface area contributed by atoms with Crippen LogP contribution < -0.4 is 5.32 Å². The van der Waals surface area contributed by atoms with E-state index in [1.807, 2.05) is 30.3 Å². The predicted molar refractivity (Wildman–Crippen MR) is 119 cm³/mol. The van der Waals surface area contributed by atoms with Gasteiger partial charge in [-0.05, 0) is 47.9 Å². The summed E-state index contributed by atoms with van der Waals surface area (Å²) in [5.41, 5.74) is 4.40. The van der Waals surface area contributed by atoms with Gasteiger partial charge < -0.3 is 9.73 Å². The number of amides is 1. The molecule has 0 aliphatic rings. The number of halogens is 1. The van der Waals surface area contributed by atoms with E-state index in [2.05, 4.69) is 59.4 Å². The van der Waals surface area contributed by atoms with Gasteiger partial charge in [-0.2, -0.15) is 0 Å².